The van der Waals surface area contributed by atoms with Gasteiger partial charge in [-0.3, -0.25) is 0 Å². The summed E-state index contributed by atoms with van der Waals surface area (Å²) in [4.78, 5) is 0. The zero-order chi connectivity index (χ0) is 13.8. The van der Waals surface area contributed by atoms with E-state index in [0.29, 0.717) is 12.3 Å². The maximum absolute atomic E-state index is 8.71. The van der Waals surface area contributed by atoms with Gasteiger partial charge in [-0.25, -0.2) is 0 Å². The summed E-state index contributed by atoms with van der Waals surface area (Å²) in [5.74, 6) is 1.13. The second kappa shape index (κ2) is 5.60. The molecule has 0 aliphatic rings. The molecule has 1 N–H and O–H groups in total. The van der Waals surface area contributed by atoms with Gasteiger partial charge < -0.3 is 9.73 Å². The lowest BCUT2D eigenvalue weighted by atomic mass is 10.0. The van der Waals surface area contributed by atoms with Crippen LogP contribution in [0, 0.1) is 11.3 Å². The van der Waals surface area contributed by atoms with Gasteiger partial charge in [0.15, 0.2) is 0 Å². The van der Waals surface area contributed by atoms with Crippen LogP contribution in [0.25, 0.3) is 10.8 Å². The molecular formula is C17H14N2O. The monoisotopic (exact) mass is 262 g/mol. The first-order valence-electron chi connectivity index (χ1n) is 6.53. The highest BCUT2D eigenvalue weighted by Gasteiger charge is 2.02. The maximum atomic E-state index is 8.71. The molecule has 0 aliphatic heterocycles. The van der Waals surface area contributed by atoms with Gasteiger partial charge in [0.05, 0.1) is 6.54 Å². The zero-order valence-corrected chi connectivity index (χ0v) is 11.0. The smallest absolute Gasteiger partial charge is 0.203 e. The van der Waals surface area contributed by atoms with Crippen molar-refractivity contribution in [2.75, 3.05) is 0 Å². The molecule has 0 saturated carbocycles. The van der Waals surface area contributed by atoms with Crippen molar-refractivity contribution in [1.29, 1.82) is 5.26 Å². The highest BCUT2D eigenvalue weighted by atomic mass is 16.3. The minimum absolute atomic E-state index is 0.354. The van der Waals surface area contributed by atoms with E-state index in [4.69, 9.17) is 9.68 Å². The van der Waals surface area contributed by atoms with E-state index in [9.17, 15) is 0 Å². The first-order valence-corrected chi connectivity index (χ1v) is 6.53. The largest absolute Gasteiger partial charge is 0.449 e. The molecule has 0 fully saturated rings. The van der Waals surface area contributed by atoms with Gasteiger partial charge in [0, 0.05) is 6.54 Å². The van der Waals surface area contributed by atoms with Crippen molar-refractivity contribution >= 4 is 10.8 Å². The van der Waals surface area contributed by atoms with E-state index in [1.807, 2.05) is 18.2 Å². The van der Waals surface area contributed by atoms with Crippen LogP contribution in [0.1, 0.15) is 17.1 Å². The molecule has 0 bridgehead atoms. The molecule has 98 valence electrons. The van der Waals surface area contributed by atoms with Crippen LogP contribution in [0.3, 0.4) is 0 Å². The van der Waals surface area contributed by atoms with Gasteiger partial charge >= 0.3 is 0 Å². The summed E-state index contributed by atoms with van der Waals surface area (Å²) in [6, 6.07) is 20.2. The van der Waals surface area contributed by atoms with Gasteiger partial charge in [-0.15, -0.1) is 0 Å². The van der Waals surface area contributed by atoms with Gasteiger partial charge in [0.25, 0.3) is 0 Å². The van der Waals surface area contributed by atoms with E-state index in [0.717, 1.165) is 12.3 Å². The fourth-order valence-electron chi connectivity index (χ4n) is 2.30. The quantitative estimate of drug-likeness (QED) is 0.781. The molecule has 0 amide bonds. The normalized spacial score (nSPS) is 10.6. The lowest BCUT2D eigenvalue weighted by Gasteiger charge is -2.07. The number of hydrogen-bond donors (Lipinski definition) is 1. The highest BCUT2D eigenvalue weighted by Crippen LogP contribution is 2.18. The van der Waals surface area contributed by atoms with E-state index in [1.165, 1.54) is 16.3 Å². The Morgan fingerprint density at radius 1 is 0.950 bits per heavy atom. The molecule has 0 aliphatic carbocycles. The third-order valence-electron chi connectivity index (χ3n) is 3.27. The summed E-state index contributed by atoms with van der Waals surface area (Å²) in [5, 5.41) is 14.6. The van der Waals surface area contributed by atoms with Crippen molar-refractivity contribution in [2.45, 2.75) is 13.1 Å². The Morgan fingerprint density at radius 2 is 1.80 bits per heavy atom. The Bertz CT molecular complexity index is 763. The van der Waals surface area contributed by atoms with Crippen LogP contribution in [0.4, 0.5) is 0 Å². The molecule has 1 heterocycles. The molecule has 1 aromatic heterocycles. The van der Waals surface area contributed by atoms with Gasteiger partial charge in [0.2, 0.25) is 5.76 Å². The van der Waals surface area contributed by atoms with Crippen LogP contribution < -0.4 is 5.32 Å². The molecule has 3 rings (SSSR count). The van der Waals surface area contributed by atoms with Crippen LogP contribution in [-0.2, 0) is 13.1 Å². The first-order chi connectivity index (χ1) is 9.86. The number of rotatable bonds is 4. The van der Waals surface area contributed by atoms with Crippen LogP contribution in [-0.4, -0.2) is 0 Å². The third-order valence-corrected chi connectivity index (χ3v) is 3.27. The first kappa shape index (κ1) is 12.5. The third kappa shape index (κ3) is 2.56. The summed E-state index contributed by atoms with van der Waals surface area (Å²) in [6.07, 6.45) is 0. The van der Waals surface area contributed by atoms with Gasteiger partial charge in [-0.05, 0) is 28.5 Å². The maximum Gasteiger partial charge on any atom is 0.203 e. The van der Waals surface area contributed by atoms with E-state index in [-0.39, 0.29) is 0 Å². The standard InChI is InChI=1S/C17H14N2O/c18-10-15-8-9-16(20-15)12-19-11-14-6-3-5-13-4-1-2-7-17(13)14/h1-9,19H,11-12H2. The van der Waals surface area contributed by atoms with Gasteiger partial charge in [-0.1, -0.05) is 42.5 Å². The van der Waals surface area contributed by atoms with E-state index in [2.05, 4.69) is 41.7 Å². The van der Waals surface area contributed by atoms with Crippen LogP contribution >= 0.6 is 0 Å². The summed E-state index contributed by atoms with van der Waals surface area (Å²) >= 11 is 0. The van der Waals surface area contributed by atoms with Crippen molar-refractivity contribution in [2.24, 2.45) is 0 Å². The number of furan rings is 1. The minimum Gasteiger partial charge on any atom is -0.449 e. The molecule has 0 unspecified atom stereocenters. The van der Waals surface area contributed by atoms with Gasteiger partial charge in [-0.2, -0.15) is 5.26 Å². The van der Waals surface area contributed by atoms with Crippen molar-refractivity contribution in [3.05, 3.63) is 71.7 Å². The lowest BCUT2D eigenvalue weighted by Crippen LogP contribution is -2.12. The van der Waals surface area contributed by atoms with E-state index in [1.54, 1.807) is 6.07 Å². The van der Waals surface area contributed by atoms with Gasteiger partial charge in [0.1, 0.15) is 11.8 Å². The fourth-order valence-corrected chi connectivity index (χ4v) is 2.30. The minimum atomic E-state index is 0.354. The summed E-state index contributed by atoms with van der Waals surface area (Å²) < 4.78 is 5.33. The molecule has 0 atom stereocenters. The second-order valence-corrected chi connectivity index (χ2v) is 4.62. The SMILES string of the molecule is N#Cc1ccc(CNCc2cccc3ccccc23)o1. The summed E-state index contributed by atoms with van der Waals surface area (Å²) in [6.45, 7) is 1.38. The summed E-state index contributed by atoms with van der Waals surface area (Å²) in [7, 11) is 0. The Kier molecular flexibility index (Phi) is 3.49. The number of nitrogens with zero attached hydrogens (tertiary/aromatic N) is 1. The Hall–Kier alpha value is -2.57. The van der Waals surface area contributed by atoms with Crippen molar-refractivity contribution in [3.63, 3.8) is 0 Å². The molecule has 0 spiro atoms. The second-order valence-electron chi connectivity index (χ2n) is 4.62. The number of benzene rings is 2. The molecule has 3 nitrogen and oxygen atoms in total. The van der Waals surface area contributed by atoms with Crippen molar-refractivity contribution in [3.8, 4) is 6.07 Å². The Morgan fingerprint density at radius 3 is 2.65 bits per heavy atom. The van der Waals surface area contributed by atoms with Crippen LogP contribution in [0.2, 0.25) is 0 Å². The number of hydrogen-bond acceptors (Lipinski definition) is 3. The van der Waals surface area contributed by atoms with Crippen LogP contribution in [0.5, 0.6) is 0 Å². The Labute approximate surface area is 117 Å². The fraction of sp³-hybridized carbons (Fsp3) is 0.118. The van der Waals surface area contributed by atoms with Crippen molar-refractivity contribution < 1.29 is 4.42 Å². The molecule has 0 radical (unpaired) electrons. The average molecular weight is 262 g/mol. The molecule has 3 aromatic rings. The predicted molar refractivity (Wildman–Crippen MR) is 77.9 cm³/mol. The molecule has 2 aromatic carbocycles. The topological polar surface area (TPSA) is 49.0 Å². The Balaban J connectivity index is 1.70. The van der Waals surface area contributed by atoms with E-state index >= 15 is 0 Å². The lowest BCUT2D eigenvalue weighted by molar-refractivity contribution is 0.474. The van der Waals surface area contributed by atoms with E-state index < -0.39 is 0 Å². The predicted octanol–water partition coefficient (Wildman–Crippen LogP) is 3.59. The van der Waals surface area contributed by atoms with Crippen molar-refractivity contribution in [1.82, 2.24) is 5.32 Å². The number of nitriles is 1. The molecule has 3 heteroatoms. The highest BCUT2D eigenvalue weighted by molar-refractivity contribution is 5.85. The number of fused-ring (bicyclic) bond motifs is 1. The summed E-state index contributed by atoms with van der Waals surface area (Å²) in [5.41, 5.74) is 1.26. The average Bonchev–Trinajstić information content (AvgIpc) is 2.95. The molecule has 0 saturated heterocycles. The zero-order valence-electron chi connectivity index (χ0n) is 11.0. The molecular weight excluding hydrogens is 248 g/mol. The van der Waals surface area contributed by atoms with Crippen LogP contribution in [0.15, 0.2) is 59.0 Å². The number of nitrogens with one attached hydrogen (secondary N) is 1. The molecule has 20 heavy (non-hydrogen) atoms.